The fourth-order valence-corrected chi connectivity index (χ4v) is 1.26. The topological polar surface area (TPSA) is 38.8 Å². The summed E-state index contributed by atoms with van der Waals surface area (Å²) >= 11 is 0. The molecule has 0 bridgehead atoms. The van der Waals surface area contributed by atoms with E-state index in [1.54, 1.807) is 4.90 Å². The van der Waals surface area contributed by atoms with Crippen LogP contribution in [-0.2, 0) is 9.47 Å². The average Bonchev–Trinajstić information content (AvgIpc) is 2.30. The van der Waals surface area contributed by atoms with E-state index in [1.807, 2.05) is 20.8 Å². The first-order valence-electron chi connectivity index (χ1n) is 4.24. The second kappa shape index (κ2) is 3.76. The van der Waals surface area contributed by atoms with Gasteiger partial charge in [0.1, 0.15) is 12.3 Å². The molecule has 1 aliphatic rings. The fourth-order valence-electron chi connectivity index (χ4n) is 1.26. The van der Waals surface area contributed by atoms with E-state index >= 15 is 0 Å². The zero-order chi connectivity index (χ0) is 9.14. The van der Waals surface area contributed by atoms with Crippen molar-refractivity contribution in [1.29, 1.82) is 0 Å². The number of hydrogen-bond donors (Lipinski definition) is 0. The first-order valence-corrected chi connectivity index (χ1v) is 4.24. The van der Waals surface area contributed by atoms with Crippen LogP contribution < -0.4 is 0 Å². The quantitative estimate of drug-likeness (QED) is 0.644. The van der Waals surface area contributed by atoms with E-state index in [0.717, 1.165) is 0 Å². The van der Waals surface area contributed by atoms with Gasteiger partial charge in [-0.15, -0.1) is 0 Å². The van der Waals surface area contributed by atoms with Crippen molar-refractivity contribution in [3.63, 3.8) is 0 Å². The van der Waals surface area contributed by atoms with Crippen LogP contribution >= 0.6 is 0 Å². The first kappa shape index (κ1) is 9.32. The zero-order valence-electron chi connectivity index (χ0n) is 7.74. The molecular formula is C8H15NO3. The molecule has 0 aromatic rings. The smallest absolute Gasteiger partial charge is 0.412 e. The summed E-state index contributed by atoms with van der Waals surface area (Å²) in [5.41, 5.74) is 0. The second-order valence-electron chi connectivity index (χ2n) is 2.90. The largest absolute Gasteiger partial charge is 0.444 e. The number of rotatable bonds is 3. The predicted octanol–water partition coefficient (Wildman–Crippen LogP) is 1.21. The molecular weight excluding hydrogens is 158 g/mol. The summed E-state index contributed by atoms with van der Waals surface area (Å²) in [6, 6.07) is 0. The Kier molecular flexibility index (Phi) is 2.92. The molecule has 0 aromatic carbocycles. The monoisotopic (exact) mass is 173 g/mol. The Hall–Kier alpha value is -0.770. The van der Waals surface area contributed by atoms with Gasteiger partial charge in [0.05, 0.1) is 6.54 Å². The van der Waals surface area contributed by atoms with Crippen molar-refractivity contribution in [2.75, 3.05) is 13.2 Å². The van der Waals surface area contributed by atoms with Crippen molar-refractivity contribution in [3.05, 3.63) is 0 Å². The maximum absolute atomic E-state index is 11.1. The molecule has 1 saturated heterocycles. The number of carbonyl (C=O) groups excluding carboxylic acids is 1. The lowest BCUT2D eigenvalue weighted by atomic mass is 10.4. The Morgan fingerprint density at radius 3 is 2.92 bits per heavy atom. The Morgan fingerprint density at radius 1 is 1.83 bits per heavy atom. The van der Waals surface area contributed by atoms with Gasteiger partial charge >= 0.3 is 6.09 Å². The summed E-state index contributed by atoms with van der Waals surface area (Å²) in [6.45, 7) is 6.86. The van der Waals surface area contributed by atoms with Crippen molar-refractivity contribution in [2.45, 2.75) is 33.1 Å². The summed E-state index contributed by atoms with van der Waals surface area (Å²) < 4.78 is 10.2. The van der Waals surface area contributed by atoms with Crippen LogP contribution in [0.2, 0.25) is 0 Å². The van der Waals surface area contributed by atoms with Crippen molar-refractivity contribution in [3.8, 4) is 0 Å². The van der Waals surface area contributed by atoms with Crippen molar-refractivity contribution >= 4 is 6.09 Å². The van der Waals surface area contributed by atoms with Gasteiger partial charge in [0.2, 0.25) is 0 Å². The van der Waals surface area contributed by atoms with Crippen LogP contribution in [0.5, 0.6) is 0 Å². The van der Waals surface area contributed by atoms with Crippen molar-refractivity contribution in [2.24, 2.45) is 0 Å². The molecule has 0 aromatic heterocycles. The Bertz CT molecular complexity index is 172. The molecule has 2 atom stereocenters. The van der Waals surface area contributed by atoms with Crippen molar-refractivity contribution in [1.82, 2.24) is 4.90 Å². The van der Waals surface area contributed by atoms with E-state index in [0.29, 0.717) is 13.2 Å². The van der Waals surface area contributed by atoms with Crippen LogP contribution in [0.3, 0.4) is 0 Å². The summed E-state index contributed by atoms with van der Waals surface area (Å²) in [7, 11) is 0. The summed E-state index contributed by atoms with van der Waals surface area (Å²) in [4.78, 5) is 12.7. The molecule has 0 saturated carbocycles. The molecule has 0 radical (unpaired) electrons. The van der Waals surface area contributed by atoms with Crippen LogP contribution in [-0.4, -0.2) is 36.5 Å². The molecule has 70 valence electrons. The minimum absolute atomic E-state index is 0.0135. The fraction of sp³-hybridized carbons (Fsp3) is 0.875. The number of hydrogen-bond acceptors (Lipinski definition) is 3. The van der Waals surface area contributed by atoms with Gasteiger partial charge in [-0.2, -0.15) is 0 Å². The normalized spacial score (nSPS) is 25.8. The standard InChI is InChI=1S/C8H15NO3/c1-4-11-7(3)9-5-6(2)12-8(9)10/h6-7H,4-5H2,1-3H3. The van der Waals surface area contributed by atoms with Gasteiger partial charge in [0, 0.05) is 6.61 Å². The first-order chi connectivity index (χ1) is 5.65. The number of ether oxygens (including phenoxy) is 2. The minimum Gasteiger partial charge on any atom is -0.444 e. The van der Waals surface area contributed by atoms with E-state index < -0.39 is 0 Å². The molecule has 4 heteroatoms. The maximum Gasteiger partial charge on any atom is 0.412 e. The van der Waals surface area contributed by atoms with Gasteiger partial charge in [0.25, 0.3) is 0 Å². The van der Waals surface area contributed by atoms with Crippen molar-refractivity contribution < 1.29 is 14.3 Å². The molecule has 0 aliphatic carbocycles. The molecule has 1 amide bonds. The highest BCUT2D eigenvalue weighted by Gasteiger charge is 2.31. The molecule has 1 heterocycles. The maximum atomic E-state index is 11.1. The lowest BCUT2D eigenvalue weighted by molar-refractivity contribution is -0.0139. The van der Waals surface area contributed by atoms with Gasteiger partial charge < -0.3 is 9.47 Å². The number of nitrogens with zero attached hydrogens (tertiary/aromatic N) is 1. The third kappa shape index (κ3) is 1.88. The molecule has 4 nitrogen and oxygen atoms in total. The van der Waals surface area contributed by atoms with Crippen LogP contribution in [0, 0.1) is 0 Å². The number of amides is 1. The van der Waals surface area contributed by atoms with E-state index in [-0.39, 0.29) is 18.4 Å². The highest BCUT2D eigenvalue weighted by Crippen LogP contribution is 2.14. The molecule has 1 rings (SSSR count). The summed E-state index contributed by atoms with van der Waals surface area (Å²) in [5.74, 6) is 0. The summed E-state index contributed by atoms with van der Waals surface area (Å²) in [5, 5.41) is 0. The summed E-state index contributed by atoms with van der Waals surface area (Å²) in [6.07, 6.45) is -0.462. The molecule has 2 unspecified atom stereocenters. The molecule has 0 spiro atoms. The van der Waals surface area contributed by atoms with Crippen LogP contribution in [0.1, 0.15) is 20.8 Å². The predicted molar refractivity (Wildman–Crippen MR) is 43.7 cm³/mol. The highest BCUT2D eigenvalue weighted by molar-refractivity contribution is 5.69. The third-order valence-electron chi connectivity index (χ3n) is 1.84. The third-order valence-corrected chi connectivity index (χ3v) is 1.84. The zero-order valence-corrected chi connectivity index (χ0v) is 7.74. The molecule has 12 heavy (non-hydrogen) atoms. The lowest BCUT2D eigenvalue weighted by Crippen LogP contribution is -2.36. The van der Waals surface area contributed by atoms with E-state index in [1.165, 1.54) is 0 Å². The SMILES string of the molecule is CCOC(C)N1CC(C)OC1=O. The Labute approximate surface area is 72.4 Å². The van der Waals surface area contributed by atoms with E-state index in [9.17, 15) is 4.79 Å². The van der Waals surface area contributed by atoms with Gasteiger partial charge in [-0.3, -0.25) is 4.90 Å². The minimum atomic E-state index is -0.275. The highest BCUT2D eigenvalue weighted by atomic mass is 16.6. The van der Waals surface area contributed by atoms with Gasteiger partial charge in [-0.05, 0) is 20.8 Å². The number of cyclic esters (lactones) is 1. The average molecular weight is 173 g/mol. The number of carbonyl (C=O) groups is 1. The van der Waals surface area contributed by atoms with Gasteiger partial charge in [0.15, 0.2) is 0 Å². The van der Waals surface area contributed by atoms with Crippen LogP contribution in [0.4, 0.5) is 4.79 Å². The van der Waals surface area contributed by atoms with E-state index in [2.05, 4.69) is 0 Å². The molecule has 1 aliphatic heterocycles. The van der Waals surface area contributed by atoms with Gasteiger partial charge in [-0.25, -0.2) is 4.79 Å². The molecule has 1 fully saturated rings. The van der Waals surface area contributed by atoms with Crippen LogP contribution in [0.15, 0.2) is 0 Å². The Balaban J connectivity index is 2.46. The van der Waals surface area contributed by atoms with Gasteiger partial charge in [-0.1, -0.05) is 0 Å². The molecule has 0 N–H and O–H groups in total. The Morgan fingerprint density at radius 2 is 2.50 bits per heavy atom. The second-order valence-corrected chi connectivity index (χ2v) is 2.90. The van der Waals surface area contributed by atoms with E-state index in [4.69, 9.17) is 9.47 Å². The lowest BCUT2D eigenvalue weighted by Gasteiger charge is -2.20. The van der Waals surface area contributed by atoms with Crippen LogP contribution in [0.25, 0.3) is 0 Å².